The lowest BCUT2D eigenvalue weighted by molar-refractivity contribution is -0.385. The zero-order valence-electron chi connectivity index (χ0n) is 10.5. The molecule has 0 fully saturated rings. The number of aryl methyl sites for hydroxylation is 2. The van der Waals surface area contributed by atoms with E-state index < -0.39 is 4.92 Å². The largest absolute Gasteiger partial charge is 0.449 e. The molecule has 4 nitrogen and oxygen atoms in total. The Balaban J connectivity index is 2.42. The number of hydrogen-bond acceptors (Lipinski definition) is 3. The molecule has 0 spiro atoms. The highest BCUT2D eigenvalue weighted by Gasteiger charge is 2.16. The topological polar surface area (TPSA) is 52.4 Å². The van der Waals surface area contributed by atoms with Crippen LogP contribution in [0.4, 0.5) is 5.69 Å². The fourth-order valence-corrected chi connectivity index (χ4v) is 2.24. The summed E-state index contributed by atoms with van der Waals surface area (Å²) < 4.78 is 6.42. The van der Waals surface area contributed by atoms with E-state index in [1.54, 1.807) is 18.2 Å². The Hall–Kier alpha value is -1.88. The van der Waals surface area contributed by atoms with Gasteiger partial charge in [-0.15, -0.1) is 0 Å². The van der Waals surface area contributed by atoms with Gasteiger partial charge in [0.1, 0.15) is 5.75 Å². The number of nitro benzene ring substituents is 1. The van der Waals surface area contributed by atoms with Gasteiger partial charge in [0.2, 0.25) is 5.75 Å². The summed E-state index contributed by atoms with van der Waals surface area (Å²) in [6.45, 7) is 3.82. The highest BCUT2D eigenvalue weighted by atomic mass is 79.9. The van der Waals surface area contributed by atoms with E-state index in [1.807, 2.05) is 26.0 Å². The minimum atomic E-state index is -0.448. The third-order valence-corrected chi connectivity index (χ3v) is 3.24. The van der Waals surface area contributed by atoms with Gasteiger partial charge in [0.15, 0.2) is 0 Å². The molecule has 0 N–H and O–H groups in total. The lowest BCUT2D eigenvalue weighted by Gasteiger charge is -2.09. The number of halogens is 1. The first-order valence-corrected chi connectivity index (χ1v) is 6.46. The minimum absolute atomic E-state index is 0.0434. The molecule has 0 aromatic heterocycles. The molecule has 0 heterocycles. The summed E-state index contributed by atoms with van der Waals surface area (Å²) in [5.74, 6) is 0.800. The molecule has 0 unspecified atom stereocenters. The lowest BCUT2D eigenvalue weighted by atomic mass is 10.2. The molecule has 2 aromatic rings. The van der Waals surface area contributed by atoms with E-state index in [9.17, 15) is 10.1 Å². The molecule has 5 heteroatoms. The molecule has 2 rings (SSSR count). The zero-order chi connectivity index (χ0) is 14.0. The average Bonchev–Trinajstić information content (AvgIpc) is 2.32. The van der Waals surface area contributed by atoms with Gasteiger partial charge in [0, 0.05) is 6.07 Å². The van der Waals surface area contributed by atoms with Gasteiger partial charge in [0.25, 0.3) is 0 Å². The number of hydrogen-bond donors (Lipinski definition) is 0. The van der Waals surface area contributed by atoms with Crippen LogP contribution in [0.5, 0.6) is 11.5 Å². The van der Waals surface area contributed by atoms with Crippen LogP contribution in [0, 0.1) is 24.0 Å². The summed E-state index contributed by atoms with van der Waals surface area (Å²) in [6.07, 6.45) is 0. The van der Waals surface area contributed by atoms with Crippen molar-refractivity contribution in [2.24, 2.45) is 0 Å². The molecule has 0 aliphatic heterocycles. The molecule has 19 heavy (non-hydrogen) atoms. The summed E-state index contributed by atoms with van der Waals surface area (Å²) in [5, 5.41) is 11.0. The molecular formula is C14H12BrNO3. The third kappa shape index (κ3) is 3.12. The van der Waals surface area contributed by atoms with E-state index in [-0.39, 0.29) is 11.4 Å². The van der Waals surface area contributed by atoms with Crippen LogP contribution in [0.1, 0.15) is 11.1 Å². The Bertz CT molecular complexity index is 641. The normalized spacial score (nSPS) is 10.3. The number of ether oxygens (including phenoxy) is 1. The van der Waals surface area contributed by atoms with Crippen molar-refractivity contribution in [1.82, 2.24) is 0 Å². The first-order chi connectivity index (χ1) is 8.97. The van der Waals surface area contributed by atoms with Crippen molar-refractivity contribution in [3.8, 4) is 11.5 Å². The molecule has 0 amide bonds. The number of nitro groups is 1. The Morgan fingerprint density at radius 1 is 1.05 bits per heavy atom. The smallest absolute Gasteiger partial charge is 0.311 e. The Kier molecular flexibility index (Phi) is 3.85. The fraction of sp³-hybridized carbons (Fsp3) is 0.143. The van der Waals surface area contributed by atoms with Gasteiger partial charge in [-0.25, -0.2) is 0 Å². The van der Waals surface area contributed by atoms with E-state index in [0.717, 1.165) is 15.6 Å². The quantitative estimate of drug-likeness (QED) is 0.604. The van der Waals surface area contributed by atoms with E-state index in [0.29, 0.717) is 5.75 Å². The molecule has 2 aromatic carbocycles. The monoisotopic (exact) mass is 321 g/mol. The van der Waals surface area contributed by atoms with Crippen LogP contribution in [0.15, 0.2) is 40.9 Å². The first-order valence-electron chi connectivity index (χ1n) is 5.66. The van der Waals surface area contributed by atoms with E-state index >= 15 is 0 Å². The average molecular weight is 322 g/mol. The second-order valence-corrected chi connectivity index (χ2v) is 5.12. The van der Waals surface area contributed by atoms with Crippen molar-refractivity contribution in [3.63, 3.8) is 0 Å². The molecule has 0 aliphatic rings. The molecule has 0 bridgehead atoms. The summed E-state index contributed by atoms with van der Waals surface area (Å²) in [7, 11) is 0. The van der Waals surface area contributed by atoms with Crippen molar-refractivity contribution in [3.05, 3.63) is 62.1 Å². The minimum Gasteiger partial charge on any atom is -0.449 e. The molecule has 98 valence electrons. The maximum Gasteiger partial charge on any atom is 0.311 e. The third-order valence-electron chi connectivity index (χ3n) is 2.62. The second-order valence-electron chi connectivity index (χ2n) is 4.26. The standard InChI is InChI=1S/C14H12BrNO3/c1-9-4-6-13(11(15)7-9)19-14-8-10(2)3-5-12(14)16(17)18/h3-8H,1-2H3. The zero-order valence-corrected chi connectivity index (χ0v) is 12.1. The summed E-state index contributed by atoms with van der Waals surface area (Å²) in [5.41, 5.74) is 1.94. The Labute approximate surface area is 119 Å². The van der Waals surface area contributed by atoms with Crippen LogP contribution in [-0.2, 0) is 0 Å². The van der Waals surface area contributed by atoms with Gasteiger partial charge >= 0.3 is 5.69 Å². The van der Waals surface area contributed by atoms with Crippen molar-refractivity contribution in [2.45, 2.75) is 13.8 Å². The molecular weight excluding hydrogens is 310 g/mol. The van der Waals surface area contributed by atoms with Crippen molar-refractivity contribution in [2.75, 3.05) is 0 Å². The van der Waals surface area contributed by atoms with Crippen molar-refractivity contribution < 1.29 is 9.66 Å². The van der Waals surface area contributed by atoms with Crippen molar-refractivity contribution >= 4 is 21.6 Å². The lowest BCUT2D eigenvalue weighted by Crippen LogP contribution is -1.94. The van der Waals surface area contributed by atoms with Gasteiger partial charge in [-0.05, 0) is 59.1 Å². The fourth-order valence-electron chi connectivity index (χ4n) is 1.66. The summed E-state index contributed by atoms with van der Waals surface area (Å²) in [4.78, 5) is 10.5. The van der Waals surface area contributed by atoms with Crippen LogP contribution in [0.25, 0.3) is 0 Å². The van der Waals surface area contributed by atoms with Gasteiger partial charge < -0.3 is 4.74 Å². The van der Waals surface area contributed by atoms with Crippen LogP contribution < -0.4 is 4.74 Å². The number of rotatable bonds is 3. The Morgan fingerprint density at radius 2 is 1.68 bits per heavy atom. The van der Waals surface area contributed by atoms with Crippen LogP contribution in [-0.4, -0.2) is 4.92 Å². The number of nitrogens with zero attached hydrogens (tertiary/aromatic N) is 1. The molecule has 0 saturated carbocycles. The van der Waals surface area contributed by atoms with Crippen molar-refractivity contribution in [1.29, 1.82) is 0 Å². The number of benzene rings is 2. The van der Waals surface area contributed by atoms with Crippen LogP contribution in [0.3, 0.4) is 0 Å². The van der Waals surface area contributed by atoms with Crippen LogP contribution in [0.2, 0.25) is 0 Å². The van der Waals surface area contributed by atoms with Crippen LogP contribution >= 0.6 is 15.9 Å². The Morgan fingerprint density at radius 3 is 2.32 bits per heavy atom. The predicted molar refractivity (Wildman–Crippen MR) is 76.8 cm³/mol. The van der Waals surface area contributed by atoms with Gasteiger partial charge in [-0.3, -0.25) is 10.1 Å². The summed E-state index contributed by atoms with van der Waals surface area (Å²) >= 11 is 3.39. The van der Waals surface area contributed by atoms with Gasteiger partial charge in [-0.1, -0.05) is 12.1 Å². The van der Waals surface area contributed by atoms with Gasteiger partial charge in [-0.2, -0.15) is 0 Å². The maximum atomic E-state index is 11.0. The highest BCUT2D eigenvalue weighted by molar-refractivity contribution is 9.10. The second kappa shape index (κ2) is 5.40. The molecule has 0 radical (unpaired) electrons. The first kappa shape index (κ1) is 13.5. The SMILES string of the molecule is Cc1ccc(Oc2cc(C)ccc2[N+](=O)[O-])c(Br)c1. The summed E-state index contributed by atoms with van der Waals surface area (Å²) in [6, 6.07) is 10.4. The van der Waals surface area contributed by atoms with E-state index in [1.165, 1.54) is 6.07 Å². The maximum absolute atomic E-state index is 11.0. The molecule has 0 aliphatic carbocycles. The van der Waals surface area contributed by atoms with E-state index in [2.05, 4.69) is 15.9 Å². The predicted octanol–water partition coefficient (Wildman–Crippen LogP) is 4.77. The van der Waals surface area contributed by atoms with E-state index in [4.69, 9.17) is 4.74 Å². The molecule has 0 atom stereocenters. The highest BCUT2D eigenvalue weighted by Crippen LogP contribution is 2.35. The van der Waals surface area contributed by atoms with Gasteiger partial charge in [0.05, 0.1) is 9.40 Å². The molecule has 0 saturated heterocycles.